The lowest BCUT2D eigenvalue weighted by Gasteiger charge is -2.26. The summed E-state index contributed by atoms with van der Waals surface area (Å²) in [6, 6.07) is 16.3. The van der Waals surface area contributed by atoms with Crippen molar-refractivity contribution in [1.82, 2.24) is 14.9 Å². The first-order valence-electron chi connectivity index (χ1n) is 10.4. The van der Waals surface area contributed by atoms with Gasteiger partial charge in [-0.15, -0.1) is 0 Å². The fraction of sp³-hybridized carbons (Fsp3) is 0.200. The molecule has 32 heavy (non-hydrogen) atoms. The second-order valence-electron chi connectivity index (χ2n) is 7.61. The van der Waals surface area contributed by atoms with Crippen molar-refractivity contribution in [3.8, 4) is 5.75 Å². The Labute approximate surface area is 192 Å². The first-order chi connectivity index (χ1) is 15.5. The molecular weight excluding hydrogens is 423 g/mol. The number of halogens is 1. The van der Waals surface area contributed by atoms with E-state index in [1.807, 2.05) is 24.3 Å². The highest BCUT2D eigenvalue weighted by Crippen LogP contribution is 2.27. The highest BCUT2D eigenvalue weighted by Gasteiger charge is 2.15. The molecule has 4 rings (SSSR count). The zero-order valence-electron chi connectivity index (χ0n) is 18.1. The van der Waals surface area contributed by atoms with E-state index in [0.717, 1.165) is 34.3 Å². The summed E-state index contributed by atoms with van der Waals surface area (Å²) >= 11 is 5.71. The molecule has 4 aromatic rings. The first kappa shape index (κ1) is 21.8. The molecule has 5 nitrogen and oxygen atoms in total. The van der Waals surface area contributed by atoms with Crippen molar-refractivity contribution in [1.29, 1.82) is 0 Å². The Bertz CT molecular complexity index is 1230. The van der Waals surface area contributed by atoms with Crippen molar-refractivity contribution in [2.24, 2.45) is 0 Å². The molecule has 0 unspecified atom stereocenters. The fourth-order valence-corrected chi connectivity index (χ4v) is 4.06. The number of rotatable bonds is 7. The standard InChI is InChI=1S/C25H25FN4OS/c1-17-22(23-15-21(31-2)6-7-24(23)28-17)10-13-30(16-18-8-11-27-12-9-18)25(32)29-20-5-3-4-19(26)14-20/h3-9,11-12,14-15,28H,10,13,16H2,1-2H3,(H,29,32). The number of fused-ring (bicyclic) bond motifs is 1. The van der Waals surface area contributed by atoms with Gasteiger partial charge in [0.1, 0.15) is 11.6 Å². The molecule has 0 aliphatic heterocycles. The maximum atomic E-state index is 13.6. The van der Waals surface area contributed by atoms with Gasteiger partial charge < -0.3 is 19.9 Å². The minimum absolute atomic E-state index is 0.304. The molecule has 0 atom stereocenters. The number of thiocarbonyl (C=S) groups is 1. The largest absolute Gasteiger partial charge is 0.497 e. The number of aromatic nitrogens is 2. The maximum absolute atomic E-state index is 13.6. The lowest BCUT2D eigenvalue weighted by atomic mass is 10.1. The number of methoxy groups -OCH3 is 1. The molecule has 0 radical (unpaired) electrons. The Morgan fingerprint density at radius 3 is 2.72 bits per heavy atom. The zero-order valence-corrected chi connectivity index (χ0v) is 18.9. The second-order valence-corrected chi connectivity index (χ2v) is 7.99. The average molecular weight is 449 g/mol. The Morgan fingerprint density at radius 2 is 1.97 bits per heavy atom. The lowest BCUT2D eigenvalue weighted by Crippen LogP contribution is -2.36. The summed E-state index contributed by atoms with van der Waals surface area (Å²) in [5.41, 5.74) is 5.16. The molecule has 0 aliphatic rings. The predicted octanol–water partition coefficient (Wildman–Crippen LogP) is 5.46. The molecular formula is C25H25FN4OS. The van der Waals surface area contributed by atoms with Crippen molar-refractivity contribution >= 4 is 33.9 Å². The molecule has 2 aromatic heterocycles. The number of pyridine rings is 1. The molecule has 164 valence electrons. The number of aromatic amines is 1. The van der Waals surface area contributed by atoms with Gasteiger partial charge in [0.15, 0.2) is 5.11 Å². The van der Waals surface area contributed by atoms with Crippen LogP contribution >= 0.6 is 12.2 Å². The molecule has 0 amide bonds. The van der Waals surface area contributed by atoms with E-state index >= 15 is 0 Å². The van der Waals surface area contributed by atoms with Gasteiger partial charge in [-0.05, 0) is 85.2 Å². The van der Waals surface area contributed by atoms with Crippen molar-refractivity contribution in [2.75, 3.05) is 19.0 Å². The van der Waals surface area contributed by atoms with E-state index in [0.29, 0.717) is 23.9 Å². The van der Waals surface area contributed by atoms with Gasteiger partial charge in [0.2, 0.25) is 0 Å². The van der Waals surface area contributed by atoms with Crippen LogP contribution in [0.25, 0.3) is 10.9 Å². The number of nitrogens with one attached hydrogen (secondary N) is 2. The number of anilines is 1. The summed E-state index contributed by atoms with van der Waals surface area (Å²) in [5.74, 6) is 0.525. The molecule has 2 N–H and O–H groups in total. The molecule has 0 saturated carbocycles. The van der Waals surface area contributed by atoms with Crippen LogP contribution in [0.1, 0.15) is 16.8 Å². The molecule has 0 spiro atoms. The number of aryl methyl sites for hydroxylation is 1. The third-order valence-electron chi connectivity index (χ3n) is 5.44. The van der Waals surface area contributed by atoms with Gasteiger partial charge in [0.25, 0.3) is 0 Å². The summed E-state index contributed by atoms with van der Waals surface area (Å²) in [4.78, 5) is 9.64. The molecule has 7 heteroatoms. The molecule has 2 heterocycles. The quantitative estimate of drug-likeness (QED) is 0.368. The number of nitrogens with zero attached hydrogens (tertiary/aromatic N) is 2. The fourth-order valence-electron chi connectivity index (χ4n) is 3.79. The van der Waals surface area contributed by atoms with Crippen LogP contribution in [0.2, 0.25) is 0 Å². The van der Waals surface area contributed by atoms with Crippen molar-refractivity contribution in [2.45, 2.75) is 19.9 Å². The lowest BCUT2D eigenvalue weighted by molar-refractivity contribution is 0.415. The number of ether oxygens (including phenoxy) is 1. The van der Waals surface area contributed by atoms with Gasteiger partial charge in [0.05, 0.1) is 7.11 Å². The summed E-state index contributed by atoms with van der Waals surface area (Å²) in [6.07, 6.45) is 4.33. The third-order valence-corrected chi connectivity index (χ3v) is 5.80. The summed E-state index contributed by atoms with van der Waals surface area (Å²) in [6.45, 7) is 3.39. The number of H-pyrrole nitrogens is 1. The van der Waals surface area contributed by atoms with Gasteiger partial charge in [-0.2, -0.15) is 0 Å². The number of benzene rings is 2. The normalized spacial score (nSPS) is 10.8. The van der Waals surface area contributed by atoms with Crippen molar-refractivity contribution in [3.05, 3.63) is 89.6 Å². The van der Waals surface area contributed by atoms with Crippen LogP contribution in [-0.2, 0) is 13.0 Å². The Hall–Kier alpha value is -3.45. The van der Waals surface area contributed by atoms with Crippen LogP contribution < -0.4 is 10.1 Å². The monoisotopic (exact) mass is 448 g/mol. The molecule has 0 fully saturated rings. The van der Waals surface area contributed by atoms with Crippen LogP contribution in [0.15, 0.2) is 67.0 Å². The number of hydrogen-bond donors (Lipinski definition) is 2. The molecule has 0 saturated heterocycles. The topological polar surface area (TPSA) is 53.2 Å². The third kappa shape index (κ3) is 5.06. The van der Waals surface area contributed by atoms with Gasteiger partial charge >= 0.3 is 0 Å². The summed E-state index contributed by atoms with van der Waals surface area (Å²) < 4.78 is 19.1. The maximum Gasteiger partial charge on any atom is 0.173 e. The van der Waals surface area contributed by atoms with E-state index in [9.17, 15) is 4.39 Å². The molecule has 0 aliphatic carbocycles. The highest BCUT2D eigenvalue weighted by molar-refractivity contribution is 7.80. The average Bonchev–Trinajstić information content (AvgIpc) is 3.11. The van der Waals surface area contributed by atoms with E-state index < -0.39 is 0 Å². The van der Waals surface area contributed by atoms with Crippen molar-refractivity contribution < 1.29 is 9.13 Å². The van der Waals surface area contributed by atoms with E-state index in [1.165, 1.54) is 17.7 Å². The minimum Gasteiger partial charge on any atom is -0.497 e. The highest BCUT2D eigenvalue weighted by atomic mass is 32.1. The van der Waals surface area contributed by atoms with Gasteiger partial charge in [0, 0.05) is 47.8 Å². The van der Waals surface area contributed by atoms with Crippen LogP contribution in [0, 0.1) is 12.7 Å². The summed E-state index contributed by atoms with van der Waals surface area (Å²) in [5, 5.41) is 4.87. The van der Waals surface area contributed by atoms with E-state index in [-0.39, 0.29) is 5.82 Å². The zero-order chi connectivity index (χ0) is 22.5. The predicted molar refractivity (Wildman–Crippen MR) is 131 cm³/mol. The van der Waals surface area contributed by atoms with Gasteiger partial charge in [-0.1, -0.05) is 6.07 Å². The summed E-state index contributed by atoms with van der Waals surface area (Å²) in [7, 11) is 1.67. The smallest absolute Gasteiger partial charge is 0.173 e. The van der Waals surface area contributed by atoms with Gasteiger partial charge in [-0.3, -0.25) is 4.98 Å². The first-order valence-corrected chi connectivity index (χ1v) is 10.8. The minimum atomic E-state index is -0.304. The van der Waals surface area contributed by atoms with Crippen LogP contribution in [-0.4, -0.2) is 33.6 Å². The number of hydrogen-bond acceptors (Lipinski definition) is 3. The Morgan fingerprint density at radius 1 is 1.16 bits per heavy atom. The van der Waals surface area contributed by atoms with Gasteiger partial charge in [-0.25, -0.2) is 4.39 Å². The second kappa shape index (κ2) is 9.78. The SMILES string of the molecule is COc1ccc2[nH]c(C)c(CCN(Cc3ccncc3)C(=S)Nc3cccc(F)c3)c2c1. The van der Waals surface area contributed by atoms with Crippen LogP contribution in [0.4, 0.5) is 10.1 Å². The van der Waals surface area contributed by atoms with E-state index in [1.54, 1.807) is 31.6 Å². The van der Waals surface area contributed by atoms with Crippen LogP contribution in [0.3, 0.4) is 0 Å². The Kier molecular flexibility index (Phi) is 6.66. The molecule has 0 bridgehead atoms. The Balaban J connectivity index is 1.57. The van der Waals surface area contributed by atoms with E-state index in [2.05, 4.69) is 33.2 Å². The van der Waals surface area contributed by atoms with Crippen molar-refractivity contribution in [3.63, 3.8) is 0 Å². The molecule has 2 aromatic carbocycles. The van der Waals surface area contributed by atoms with E-state index in [4.69, 9.17) is 17.0 Å². The van der Waals surface area contributed by atoms with Crippen LogP contribution in [0.5, 0.6) is 5.75 Å².